The normalized spacial score (nSPS) is 14.4. The first-order valence-electron chi connectivity index (χ1n) is 11.2. The largest absolute Gasteiger partial charge is 0.324 e. The Bertz CT molecular complexity index is 1340. The summed E-state index contributed by atoms with van der Waals surface area (Å²) in [5.74, 6) is -0.592. The molecule has 1 saturated heterocycles. The van der Waals surface area contributed by atoms with Gasteiger partial charge in [-0.2, -0.15) is 0 Å². The van der Waals surface area contributed by atoms with Crippen LogP contribution in [0.2, 0.25) is 0 Å². The lowest BCUT2D eigenvalue weighted by Gasteiger charge is -2.36. The lowest BCUT2D eigenvalue weighted by atomic mass is 10.1. The summed E-state index contributed by atoms with van der Waals surface area (Å²) in [7, 11) is -4.06. The van der Waals surface area contributed by atoms with Gasteiger partial charge in [-0.15, -0.1) is 0 Å². The molecule has 0 saturated carbocycles. The maximum Gasteiger partial charge on any atom is 0.324 e. The molecule has 178 valence electrons. The molecular weight excluding hydrogens is 453 g/mol. The number of halogens is 1. The minimum Gasteiger partial charge on any atom is -0.320 e. The number of hydrogen-bond acceptors (Lipinski definition) is 3. The number of nitrogens with zero attached hydrogens (tertiary/aromatic N) is 2. The Hall–Kier alpha value is -3.39. The molecule has 6 nitrogen and oxygen atoms in total. The Morgan fingerprint density at radius 2 is 1.71 bits per heavy atom. The van der Waals surface area contributed by atoms with Crippen molar-refractivity contribution in [2.75, 3.05) is 22.7 Å². The van der Waals surface area contributed by atoms with Gasteiger partial charge >= 0.3 is 6.03 Å². The average Bonchev–Trinajstić information content (AvgIpc) is 2.79. The van der Waals surface area contributed by atoms with Crippen molar-refractivity contribution in [3.8, 4) is 0 Å². The minimum atomic E-state index is -4.06. The van der Waals surface area contributed by atoms with E-state index in [1.165, 1.54) is 12.1 Å². The van der Waals surface area contributed by atoms with Crippen LogP contribution in [0, 0.1) is 26.6 Å². The van der Waals surface area contributed by atoms with Gasteiger partial charge < -0.3 is 4.90 Å². The van der Waals surface area contributed by atoms with E-state index >= 15 is 0 Å². The van der Waals surface area contributed by atoms with Crippen molar-refractivity contribution in [3.05, 3.63) is 88.7 Å². The number of rotatable bonds is 6. The van der Waals surface area contributed by atoms with Crippen LogP contribution in [0.1, 0.15) is 28.7 Å². The van der Waals surface area contributed by atoms with E-state index in [0.717, 1.165) is 29.2 Å². The predicted molar refractivity (Wildman–Crippen MR) is 132 cm³/mol. The maximum atomic E-state index is 14.0. The summed E-state index contributed by atoms with van der Waals surface area (Å²) < 4.78 is 42.7. The summed E-state index contributed by atoms with van der Waals surface area (Å²) >= 11 is 0. The monoisotopic (exact) mass is 481 g/mol. The topological polar surface area (TPSA) is 69.7 Å². The van der Waals surface area contributed by atoms with Crippen molar-refractivity contribution >= 4 is 27.4 Å². The molecule has 3 aromatic carbocycles. The molecule has 0 radical (unpaired) electrons. The zero-order chi connectivity index (χ0) is 24.5. The van der Waals surface area contributed by atoms with Gasteiger partial charge in [0.05, 0.1) is 16.3 Å². The zero-order valence-electron chi connectivity index (χ0n) is 19.5. The number of amides is 2. The van der Waals surface area contributed by atoms with Gasteiger partial charge in [-0.25, -0.2) is 17.6 Å². The molecule has 0 unspecified atom stereocenters. The van der Waals surface area contributed by atoms with Crippen molar-refractivity contribution < 1.29 is 17.6 Å². The fourth-order valence-electron chi connectivity index (χ4n) is 4.06. The molecule has 0 aliphatic carbocycles. The molecule has 0 aromatic heterocycles. The van der Waals surface area contributed by atoms with Gasteiger partial charge in [-0.1, -0.05) is 36.4 Å². The van der Waals surface area contributed by atoms with Gasteiger partial charge in [0.2, 0.25) is 0 Å². The summed E-state index contributed by atoms with van der Waals surface area (Å²) in [5, 5.41) is 0. The highest BCUT2D eigenvalue weighted by Crippen LogP contribution is 2.32. The Labute approximate surface area is 200 Å². The number of anilines is 2. The summed E-state index contributed by atoms with van der Waals surface area (Å²) in [5.41, 5.74) is 4.14. The summed E-state index contributed by atoms with van der Waals surface area (Å²) in [4.78, 5) is 16.6. The van der Waals surface area contributed by atoms with Gasteiger partial charge in [0.15, 0.2) is 0 Å². The van der Waals surface area contributed by atoms with Gasteiger partial charge in [-0.05, 0) is 73.7 Å². The number of carbonyl (C=O) groups is 1. The zero-order valence-corrected chi connectivity index (χ0v) is 20.3. The standard InChI is InChI=1S/C26H28FN3O3S/c1-18-9-12-25(24(15-18)28-34(32,33)22-11-10-20(3)23(27)16-22)30-14-6-13-29(26(30)31)17-21-8-5-4-7-19(21)2/h4-5,7-12,15-16,28H,6,13-14,17H2,1-3H3. The van der Waals surface area contributed by atoms with E-state index in [0.29, 0.717) is 30.9 Å². The second kappa shape index (κ2) is 9.46. The van der Waals surface area contributed by atoms with Gasteiger partial charge in [0.1, 0.15) is 5.82 Å². The second-order valence-electron chi connectivity index (χ2n) is 8.67. The van der Waals surface area contributed by atoms with E-state index in [9.17, 15) is 17.6 Å². The molecule has 8 heteroatoms. The number of sulfonamides is 1. The highest BCUT2D eigenvalue weighted by Gasteiger charge is 2.29. The van der Waals surface area contributed by atoms with Crippen LogP contribution in [-0.4, -0.2) is 32.4 Å². The quantitative estimate of drug-likeness (QED) is 0.514. The number of urea groups is 1. The molecule has 3 aromatic rings. The molecule has 0 spiro atoms. The van der Waals surface area contributed by atoms with Crippen LogP contribution in [0.3, 0.4) is 0 Å². The fraction of sp³-hybridized carbons (Fsp3) is 0.269. The van der Waals surface area contributed by atoms with E-state index in [1.807, 2.05) is 44.2 Å². The maximum absolute atomic E-state index is 14.0. The molecule has 4 rings (SSSR count). The molecule has 1 fully saturated rings. The Morgan fingerprint density at radius 3 is 2.44 bits per heavy atom. The molecule has 34 heavy (non-hydrogen) atoms. The first kappa shape index (κ1) is 23.8. The van der Waals surface area contributed by atoms with Crippen LogP contribution in [0.4, 0.5) is 20.6 Å². The highest BCUT2D eigenvalue weighted by atomic mass is 32.2. The van der Waals surface area contributed by atoms with E-state index in [-0.39, 0.29) is 16.6 Å². The van der Waals surface area contributed by atoms with Gasteiger partial charge in [0.25, 0.3) is 10.0 Å². The number of carbonyl (C=O) groups excluding carboxylic acids is 1. The molecule has 1 N–H and O–H groups in total. The Morgan fingerprint density at radius 1 is 0.941 bits per heavy atom. The number of benzene rings is 3. The first-order chi connectivity index (χ1) is 16.2. The molecule has 0 atom stereocenters. The summed E-state index contributed by atoms with van der Waals surface area (Å²) in [6.45, 7) is 7.01. The van der Waals surface area contributed by atoms with Crippen LogP contribution in [0.5, 0.6) is 0 Å². The fourth-order valence-corrected chi connectivity index (χ4v) is 5.13. The van der Waals surface area contributed by atoms with Crippen molar-refractivity contribution in [1.82, 2.24) is 4.90 Å². The lowest BCUT2D eigenvalue weighted by molar-refractivity contribution is 0.192. The van der Waals surface area contributed by atoms with Gasteiger partial charge in [0, 0.05) is 19.6 Å². The van der Waals surface area contributed by atoms with E-state index in [1.54, 1.807) is 28.9 Å². The van der Waals surface area contributed by atoms with Gasteiger partial charge in [-0.3, -0.25) is 9.62 Å². The molecule has 0 bridgehead atoms. The van der Waals surface area contributed by atoms with Crippen molar-refractivity contribution in [2.45, 2.75) is 38.6 Å². The van der Waals surface area contributed by atoms with Crippen molar-refractivity contribution in [1.29, 1.82) is 0 Å². The summed E-state index contributed by atoms with van der Waals surface area (Å²) in [6, 6.07) is 16.8. The third kappa shape index (κ3) is 4.92. The number of hydrogen-bond donors (Lipinski definition) is 1. The number of aryl methyl sites for hydroxylation is 3. The lowest BCUT2D eigenvalue weighted by Crippen LogP contribution is -2.49. The smallest absolute Gasteiger partial charge is 0.320 e. The Balaban J connectivity index is 1.64. The van der Waals surface area contributed by atoms with Crippen LogP contribution in [0.15, 0.2) is 65.6 Å². The van der Waals surface area contributed by atoms with Crippen LogP contribution in [-0.2, 0) is 16.6 Å². The van der Waals surface area contributed by atoms with Crippen LogP contribution >= 0.6 is 0 Å². The van der Waals surface area contributed by atoms with Crippen molar-refractivity contribution in [3.63, 3.8) is 0 Å². The third-order valence-corrected chi connectivity index (χ3v) is 7.44. The minimum absolute atomic E-state index is 0.172. The van der Waals surface area contributed by atoms with E-state index < -0.39 is 15.8 Å². The van der Waals surface area contributed by atoms with Crippen molar-refractivity contribution in [2.24, 2.45) is 0 Å². The molecule has 2 amide bonds. The Kier molecular flexibility index (Phi) is 6.61. The SMILES string of the molecule is Cc1ccc(N2CCCN(Cc3ccccc3C)C2=O)c(NS(=O)(=O)c2ccc(C)c(F)c2)c1. The predicted octanol–water partition coefficient (Wildman–Crippen LogP) is 5.38. The molecular formula is C26H28FN3O3S. The molecule has 1 heterocycles. The highest BCUT2D eigenvalue weighted by molar-refractivity contribution is 7.92. The molecule has 1 aliphatic rings. The van der Waals surface area contributed by atoms with E-state index in [2.05, 4.69) is 4.72 Å². The first-order valence-corrected chi connectivity index (χ1v) is 12.6. The van der Waals surface area contributed by atoms with Crippen LogP contribution < -0.4 is 9.62 Å². The average molecular weight is 482 g/mol. The third-order valence-electron chi connectivity index (χ3n) is 6.07. The van der Waals surface area contributed by atoms with Crippen LogP contribution in [0.25, 0.3) is 0 Å². The summed E-state index contributed by atoms with van der Waals surface area (Å²) in [6.07, 6.45) is 0.751. The second-order valence-corrected chi connectivity index (χ2v) is 10.4. The number of nitrogens with one attached hydrogen (secondary N) is 1. The van der Waals surface area contributed by atoms with E-state index in [4.69, 9.17) is 0 Å². The molecule has 1 aliphatic heterocycles.